The highest BCUT2D eigenvalue weighted by Gasteiger charge is 2.17. The Hall–Kier alpha value is -0.770. The molecule has 0 rings (SSSR count). The normalized spacial score (nSPS) is 10.7. The number of unbranched alkanes of at least 4 members (excludes halogenated alkanes) is 1. The summed E-state index contributed by atoms with van der Waals surface area (Å²) in [5.41, 5.74) is 1.41. The predicted molar refractivity (Wildman–Crippen MR) is 48.1 cm³/mol. The lowest BCUT2D eigenvalue weighted by Crippen LogP contribution is -2.11. The molecular weight excluding hydrogens is 134 g/mol. The van der Waals surface area contributed by atoms with E-state index in [0.29, 0.717) is 6.42 Å². The molecule has 1 heteroatoms. The van der Waals surface area contributed by atoms with Gasteiger partial charge in [0, 0.05) is 6.42 Å². The molecule has 0 atom stereocenters. The third-order valence-electron chi connectivity index (χ3n) is 2.25. The molecule has 0 aliphatic carbocycles. The first-order chi connectivity index (χ1) is 5.00. The van der Waals surface area contributed by atoms with Crippen LogP contribution in [0.2, 0.25) is 0 Å². The van der Waals surface area contributed by atoms with Gasteiger partial charge in [0.25, 0.3) is 0 Å². The Morgan fingerprint density at radius 3 is 2.45 bits per heavy atom. The van der Waals surface area contributed by atoms with Crippen LogP contribution in [0.25, 0.3) is 0 Å². The standard InChI is InChI=1S/C10H17N/c1-9(2)10(3,4)7-5-6-8-11/h1,5-7H2,2-4H3. The van der Waals surface area contributed by atoms with Gasteiger partial charge in [0.1, 0.15) is 0 Å². The SMILES string of the molecule is C=C(C)C(C)(C)CCCC#N. The van der Waals surface area contributed by atoms with Crippen molar-refractivity contribution in [3.63, 3.8) is 0 Å². The first kappa shape index (κ1) is 10.2. The molecule has 0 aliphatic rings. The Bertz CT molecular complexity index is 172. The van der Waals surface area contributed by atoms with Crippen LogP contribution in [0.3, 0.4) is 0 Å². The van der Waals surface area contributed by atoms with E-state index in [9.17, 15) is 0 Å². The van der Waals surface area contributed by atoms with Crippen LogP contribution in [0.1, 0.15) is 40.0 Å². The van der Waals surface area contributed by atoms with E-state index >= 15 is 0 Å². The van der Waals surface area contributed by atoms with Crippen molar-refractivity contribution in [1.82, 2.24) is 0 Å². The second-order valence-electron chi connectivity index (χ2n) is 3.68. The molecule has 11 heavy (non-hydrogen) atoms. The topological polar surface area (TPSA) is 23.8 Å². The van der Waals surface area contributed by atoms with Crippen molar-refractivity contribution in [1.29, 1.82) is 5.26 Å². The monoisotopic (exact) mass is 151 g/mol. The molecule has 0 spiro atoms. The maximum Gasteiger partial charge on any atom is 0.0621 e. The molecule has 0 fully saturated rings. The smallest absolute Gasteiger partial charge is 0.0621 e. The number of allylic oxidation sites excluding steroid dienone is 1. The molecular formula is C10H17N. The van der Waals surface area contributed by atoms with Gasteiger partial charge in [0.2, 0.25) is 0 Å². The van der Waals surface area contributed by atoms with Crippen LogP contribution >= 0.6 is 0 Å². The molecule has 0 amide bonds. The van der Waals surface area contributed by atoms with E-state index in [1.165, 1.54) is 5.57 Å². The van der Waals surface area contributed by atoms with E-state index < -0.39 is 0 Å². The van der Waals surface area contributed by atoms with E-state index in [1.54, 1.807) is 0 Å². The van der Waals surface area contributed by atoms with Gasteiger partial charge < -0.3 is 0 Å². The fourth-order valence-corrected chi connectivity index (χ4v) is 0.823. The minimum absolute atomic E-state index is 0.205. The van der Waals surface area contributed by atoms with E-state index in [4.69, 9.17) is 5.26 Å². The fourth-order valence-electron chi connectivity index (χ4n) is 0.823. The number of nitriles is 1. The van der Waals surface area contributed by atoms with Crippen LogP contribution < -0.4 is 0 Å². The molecule has 0 aromatic heterocycles. The quantitative estimate of drug-likeness (QED) is 0.447. The Labute approximate surface area is 69.7 Å². The number of rotatable bonds is 4. The van der Waals surface area contributed by atoms with Gasteiger partial charge in [-0.25, -0.2) is 0 Å². The van der Waals surface area contributed by atoms with E-state index in [-0.39, 0.29) is 5.41 Å². The van der Waals surface area contributed by atoms with Gasteiger partial charge >= 0.3 is 0 Å². The molecule has 1 nitrogen and oxygen atoms in total. The minimum Gasteiger partial charge on any atom is -0.198 e. The Kier molecular flexibility index (Phi) is 3.89. The van der Waals surface area contributed by atoms with Gasteiger partial charge in [-0.2, -0.15) is 5.26 Å². The van der Waals surface area contributed by atoms with Crippen molar-refractivity contribution in [2.45, 2.75) is 40.0 Å². The molecule has 0 radical (unpaired) electrons. The summed E-state index contributed by atoms with van der Waals surface area (Å²) in [7, 11) is 0. The molecule has 0 aromatic carbocycles. The van der Waals surface area contributed by atoms with Crippen molar-refractivity contribution in [2.24, 2.45) is 5.41 Å². The highest BCUT2D eigenvalue weighted by molar-refractivity contribution is 5.02. The van der Waals surface area contributed by atoms with E-state index in [2.05, 4.69) is 26.5 Å². The zero-order valence-electron chi connectivity index (χ0n) is 7.78. The molecule has 0 aromatic rings. The van der Waals surface area contributed by atoms with Gasteiger partial charge in [0.05, 0.1) is 6.07 Å². The molecule has 0 bridgehead atoms. The van der Waals surface area contributed by atoms with Gasteiger partial charge in [-0.1, -0.05) is 26.0 Å². The van der Waals surface area contributed by atoms with E-state index in [0.717, 1.165) is 12.8 Å². The maximum atomic E-state index is 8.33. The number of hydrogen-bond acceptors (Lipinski definition) is 1. The zero-order chi connectivity index (χ0) is 8.91. The van der Waals surface area contributed by atoms with Crippen LogP contribution in [0.15, 0.2) is 12.2 Å². The summed E-state index contributed by atoms with van der Waals surface area (Å²) in [6, 6.07) is 2.15. The second kappa shape index (κ2) is 4.18. The molecule has 62 valence electrons. The highest BCUT2D eigenvalue weighted by atomic mass is 14.2. The minimum atomic E-state index is 0.205. The van der Waals surface area contributed by atoms with Crippen LogP contribution in [-0.2, 0) is 0 Å². The molecule has 0 saturated carbocycles. The third-order valence-corrected chi connectivity index (χ3v) is 2.25. The lowest BCUT2D eigenvalue weighted by molar-refractivity contribution is 0.398. The molecule has 0 unspecified atom stereocenters. The Morgan fingerprint density at radius 1 is 1.55 bits per heavy atom. The third kappa shape index (κ3) is 3.83. The largest absolute Gasteiger partial charge is 0.198 e. The lowest BCUT2D eigenvalue weighted by atomic mass is 9.81. The van der Waals surface area contributed by atoms with Crippen molar-refractivity contribution >= 4 is 0 Å². The average Bonchev–Trinajstić information content (AvgIpc) is 1.88. The van der Waals surface area contributed by atoms with Crippen LogP contribution in [0.4, 0.5) is 0 Å². The summed E-state index contributed by atoms with van der Waals surface area (Å²) >= 11 is 0. The first-order valence-electron chi connectivity index (χ1n) is 4.03. The zero-order valence-corrected chi connectivity index (χ0v) is 7.78. The first-order valence-corrected chi connectivity index (χ1v) is 4.03. The van der Waals surface area contributed by atoms with Crippen LogP contribution in [0, 0.1) is 16.7 Å². The van der Waals surface area contributed by atoms with Crippen LogP contribution in [0.5, 0.6) is 0 Å². The number of nitrogens with zero attached hydrogens (tertiary/aromatic N) is 1. The Morgan fingerprint density at radius 2 is 2.09 bits per heavy atom. The van der Waals surface area contributed by atoms with Gasteiger partial charge in [0.15, 0.2) is 0 Å². The summed E-state index contributed by atoms with van der Waals surface area (Å²) in [5.74, 6) is 0. The highest BCUT2D eigenvalue weighted by Crippen LogP contribution is 2.30. The number of hydrogen-bond donors (Lipinski definition) is 0. The van der Waals surface area contributed by atoms with Gasteiger partial charge in [-0.05, 0) is 25.2 Å². The van der Waals surface area contributed by atoms with Crippen molar-refractivity contribution < 1.29 is 0 Å². The second-order valence-corrected chi connectivity index (χ2v) is 3.68. The van der Waals surface area contributed by atoms with Crippen molar-refractivity contribution in [3.05, 3.63) is 12.2 Å². The van der Waals surface area contributed by atoms with E-state index in [1.807, 2.05) is 6.92 Å². The molecule has 0 N–H and O–H groups in total. The van der Waals surface area contributed by atoms with Gasteiger partial charge in [-0.3, -0.25) is 0 Å². The van der Waals surface area contributed by atoms with Crippen molar-refractivity contribution in [2.75, 3.05) is 0 Å². The van der Waals surface area contributed by atoms with Crippen LogP contribution in [-0.4, -0.2) is 0 Å². The Balaban J connectivity index is 3.75. The lowest BCUT2D eigenvalue weighted by Gasteiger charge is -2.24. The molecule has 0 heterocycles. The maximum absolute atomic E-state index is 8.33. The van der Waals surface area contributed by atoms with Gasteiger partial charge in [-0.15, -0.1) is 0 Å². The predicted octanol–water partition coefficient (Wildman–Crippen LogP) is 3.28. The fraction of sp³-hybridized carbons (Fsp3) is 0.700. The summed E-state index contributed by atoms with van der Waals surface area (Å²) in [6.07, 6.45) is 2.71. The summed E-state index contributed by atoms with van der Waals surface area (Å²) in [5, 5.41) is 8.33. The summed E-state index contributed by atoms with van der Waals surface area (Å²) < 4.78 is 0. The molecule has 0 saturated heterocycles. The summed E-state index contributed by atoms with van der Waals surface area (Å²) in [6.45, 7) is 10.3. The van der Waals surface area contributed by atoms with Crippen molar-refractivity contribution in [3.8, 4) is 6.07 Å². The molecule has 0 aliphatic heterocycles. The summed E-state index contributed by atoms with van der Waals surface area (Å²) in [4.78, 5) is 0. The average molecular weight is 151 g/mol.